The Hall–Kier alpha value is -2.33. The third-order valence-corrected chi connectivity index (χ3v) is 3.58. The number of carboxylic acids is 1. The van der Waals surface area contributed by atoms with Crippen molar-refractivity contribution in [2.45, 2.75) is 13.8 Å². The minimum atomic E-state index is -1.08. The number of rotatable bonds is 3. The van der Waals surface area contributed by atoms with Crippen LogP contribution in [-0.2, 0) is 0 Å². The highest BCUT2D eigenvalue weighted by Gasteiger charge is 2.16. The predicted molar refractivity (Wildman–Crippen MR) is 82.3 cm³/mol. The number of carbonyl (C=O) groups excluding carboxylic acids is 1. The molecule has 5 heteroatoms. The fraction of sp³-hybridized carbons (Fsp3) is 0.125. The summed E-state index contributed by atoms with van der Waals surface area (Å²) in [5.41, 5.74) is 2.19. The number of carbonyl (C=O) groups is 2. The van der Waals surface area contributed by atoms with Crippen LogP contribution >= 0.6 is 11.6 Å². The lowest BCUT2D eigenvalue weighted by Crippen LogP contribution is -2.15. The second-order valence-corrected chi connectivity index (χ2v) is 5.13. The summed E-state index contributed by atoms with van der Waals surface area (Å²) in [6.45, 7) is 3.52. The molecule has 0 fully saturated rings. The maximum Gasteiger partial charge on any atom is 0.338 e. The number of amides is 1. The molecular weight excluding hydrogens is 290 g/mol. The van der Waals surface area contributed by atoms with Crippen LogP contribution in [0.5, 0.6) is 0 Å². The summed E-state index contributed by atoms with van der Waals surface area (Å²) in [5, 5.41) is 12.3. The van der Waals surface area contributed by atoms with Crippen LogP contribution in [0.4, 0.5) is 5.69 Å². The standard InChI is InChI=1S/C16H14ClNO3/c1-9-6-7-11(8-12(9)17)15(19)18-13-5-3-4-10(2)14(13)16(20)21/h3-8H,1-2H3,(H,18,19)(H,20,21). The summed E-state index contributed by atoms with van der Waals surface area (Å²) < 4.78 is 0. The second-order valence-electron chi connectivity index (χ2n) is 4.72. The molecule has 2 aromatic carbocycles. The van der Waals surface area contributed by atoms with E-state index in [1.165, 1.54) is 0 Å². The number of halogens is 1. The number of carboxylic acid groups (broad SMARTS) is 1. The summed E-state index contributed by atoms with van der Waals surface area (Å²) in [5.74, 6) is -1.48. The van der Waals surface area contributed by atoms with E-state index in [0.29, 0.717) is 16.1 Å². The Labute approximate surface area is 127 Å². The molecule has 0 saturated carbocycles. The Morgan fingerprint density at radius 1 is 1.10 bits per heavy atom. The molecule has 2 aromatic rings. The highest BCUT2D eigenvalue weighted by atomic mass is 35.5. The highest BCUT2D eigenvalue weighted by molar-refractivity contribution is 6.31. The zero-order valence-electron chi connectivity index (χ0n) is 11.6. The molecule has 4 nitrogen and oxygen atoms in total. The maximum atomic E-state index is 12.2. The number of anilines is 1. The molecule has 0 radical (unpaired) electrons. The van der Waals surface area contributed by atoms with Gasteiger partial charge in [0.2, 0.25) is 0 Å². The van der Waals surface area contributed by atoms with Crippen LogP contribution in [0.3, 0.4) is 0 Å². The van der Waals surface area contributed by atoms with E-state index in [1.54, 1.807) is 43.3 Å². The first-order valence-corrected chi connectivity index (χ1v) is 6.68. The molecule has 108 valence electrons. The zero-order valence-corrected chi connectivity index (χ0v) is 12.4. The molecule has 0 aliphatic heterocycles. The van der Waals surface area contributed by atoms with Gasteiger partial charge in [-0.1, -0.05) is 29.8 Å². The van der Waals surface area contributed by atoms with Crippen molar-refractivity contribution in [2.75, 3.05) is 5.32 Å². The van der Waals surface area contributed by atoms with Crippen molar-refractivity contribution >= 4 is 29.2 Å². The Balaban J connectivity index is 2.34. The zero-order chi connectivity index (χ0) is 15.6. The molecule has 2 N–H and O–H groups in total. The van der Waals surface area contributed by atoms with E-state index in [0.717, 1.165) is 5.56 Å². The Bertz CT molecular complexity index is 725. The van der Waals surface area contributed by atoms with Crippen molar-refractivity contribution in [1.29, 1.82) is 0 Å². The number of aryl methyl sites for hydroxylation is 2. The van der Waals surface area contributed by atoms with Crippen LogP contribution < -0.4 is 5.32 Å². The van der Waals surface area contributed by atoms with E-state index in [2.05, 4.69) is 5.32 Å². The molecule has 21 heavy (non-hydrogen) atoms. The van der Waals surface area contributed by atoms with Gasteiger partial charge in [0.1, 0.15) is 0 Å². The Morgan fingerprint density at radius 2 is 1.81 bits per heavy atom. The third-order valence-electron chi connectivity index (χ3n) is 3.17. The summed E-state index contributed by atoms with van der Waals surface area (Å²) in [4.78, 5) is 23.5. The SMILES string of the molecule is Cc1ccc(C(=O)Nc2cccc(C)c2C(=O)O)cc1Cl. The van der Waals surface area contributed by atoms with E-state index >= 15 is 0 Å². The van der Waals surface area contributed by atoms with Gasteiger partial charge in [-0.2, -0.15) is 0 Å². The number of nitrogens with one attached hydrogen (secondary N) is 1. The largest absolute Gasteiger partial charge is 0.478 e. The minimum Gasteiger partial charge on any atom is -0.478 e. The fourth-order valence-corrected chi connectivity index (χ4v) is 2.16. The van der Waals surface area contributed by atoms with E-state index in [-0.39, 0.29) is 11.3 Å². The van der Waals surface area contributed by atoms with E-state index in [4.69, 9.17) is 11.6 Å². The van der Waals surface area contributed by atoms with Crippen LogP contribution in [-0.4, -0.2) is 17.0 Å². The maximum absolute atomic E-state index is 12.2. The number of hydrogen-bond donors (Lipinski definition) is 2. The van der Waals surface area contributed by atoms with Crippen molar-refractivity contribution in [1.82, 2.24) is 0 Å². The molecule has 0 aliphatic carbocycles. The second kappa shape index (κ2) is 5.97. The average Bonchev–Trinajstić information content (AvgIpc) is 2.41. The van der Waals surface area contributed by atoms with E-state index in [9.17, 15) is 14.7 Å². The quantitative estimate of drug-likeness (QED) is 0.903. The van der Waals surface area contributed by atoms with Gasteiger partial charge >= 0.3 is 5.97 Å². The lowest BCUT2D eigenvalue weighted by molar-refractivity contribution is 0.0697. The molecular formula is C16H14ClNO3. The Kier molecular flexibility index (Phi) is 4.29. The molecule has 0 spiro atoms. The molecule has 0 saturated heterocycles. The van der Waals surface area contributed by atoms with E-state index < -0.39 is 11.9 Å². The van der Waals surface area contributed by atoms with Gasteiger partial charge in [0.25, 0.3) is 5.91 Å². The topological polar surface area (TPSA) is 66.4 Å². The molecule has 2 rings (SSSR count). The van der Waals surface area contributed by atoms with Crippen LogP contribution in [0.2, 0.25) is 5.02 Å². The summed E-state index contributed by atoms with van der Waals surface area (Å²) in [7, 11) is 0. The minimum absolute atomic E-state index is 0.0871. The van der Waals surface area contributed by atoms with Gasteiger partial charge in [-0.05, 0) is 43.2 Å². The van der Waals surface area contributed by atoms with Gasteiger partial charge in [0.05, 0.1) is 11.3 Å². The normalized spacial score (nSPS) is 10.2. The van der Waals surface area contributed by atoms with Crippen molar-refractivity contribution in [3.05, 3.63) is 63.7 Å². The predicted octanol–water partition coefficient (Wildman–Crippen LogP) is 3.91. The van der Waals surface area contributed by atoms with Gasteiger partial charge in [-0.3, -0.25) is 4.79 Å². The molecule has 1 amide bonds. The van der Waals surface area contributed by atoms with Gasteiger partial charge in [-0.25, -0.2) is 4.79 Å². The average molecular weight is 304 g/mol. The van der Waals surface area contributed by atoms with Crippen molar-refractivity contribution in [3.8, 4) is 0 Å². The monoisotopic (exact) mass is 303 g/mol. The van der Waals surface area contributed by atoms with Crippen molar-refractivity contribution in [2.24, 2.45) is 0 Å². The highest BCUT2D eigenvalue weighted by Crippen LogP contribution is 2.22. The van der Waals surface area contributed by atoms with Gasteiger partial charge in [0.15, 0.2) is 0 Å². The van der Waals surface area contributed by atoms with Crippen molar-refractivity contribution < 1.29 is 14.7 Å². The van der Waals surface area contributed by atoms with Gasteiger partial charge in [0, 0.05) is 10.6 Å². The third kappa shape index (κ3) is 3.23. The summed E-state index contributed by atoms with van der Waals surface area (Å²) in [6, 6.07) is 9.88. The molecule has 0 aliphatic rings. The first-order valence-electron chi connectivity index (χ1n) is 6.30. The summed E-state index contributed by atoms with van der Waals surface area (Å²) in [6.07, 6.45) is 0. The van der Waals surface area contributed by atoms with Gasteiger partial charge in [-0.15, -0.1) is 0 Å². The molecule has 0 atom stereocenters. The lowest BCUT2D eigenvalue weighted by atomic mass is 10.1. The first-order chi connectivity index (χ1) is 9.90. The van der Waals surface area contributed by atoms with Crippen molar-refractivity contribution in [3.63, 3.8) is 0 Å². The first kappa shape index (κ1) is 15.1. The molecule has 0 bridgehead atoms. The van der Waals surface area contributed by atoms with Gasteiger partial charge < -0.3 is 10.4 Å². The number of benzene rings is 2. The van der Waals surface area contributed by atoms with Crippen LogP contribution in [0.1, 0.15) is 31.8 Å². The molecule has 0 aromatic heterocycles. The Morgan fingerprint density at radius 3 is 2.43 bits per heavy atom. The lowest BCUT2D eigenvalue weighted by Gasteiger charge is -2.11. The number of hydrogen-bond acceptors (Lipinski definition) is 2. The molecule has 0 heterocycles. The summed E-state index contributed by atoms with van der Waals surface area (Å²) >= 11 is 5.99. The van der Waals surface area contributed by atoms with E-state index in [1.807, 2.05) is 6.92 Å². The van der Waals surface area contributed by atoms with Crippen LogP contribution in [0, 0.1) is 13.8 Å². The van der Waals surface area contributed by atoms with Crippen LogP contribution in [0.25, 0.3) is 0 Å². The smallest absolute Gasteiger partial charge is 0.338 e. The number of aromatic carboxylic acids is 1. The fourth-order valence-electron chi connectivity index (χ4n) is 1.98. The molecule has 0 unspecified atom stereocenters. The van der Waals surface area contributed by atoms with Crippen LogP contribution in [0.15, 0.2) is 36.4 Å².